The van der Waals surface area contributed by atoms with Crippen LogP contribution in [0, 0.1) is 0 Å². The van der Waals surface area contributed by atoms with Gasteiger partial charge in [0.2, 0.25) is 0 Å². The van der Waals surface area contributed by atoms with Gasteiger partial charge >= 0.3 is 0 Å². The number of aliphatic hydroxyl groups excluding tert-OH is 2. The molecule has 0 heterocycles. The Bertz CT molecular complexity index is 375. The monoisotopic (exact) mass is 226 g/mol. The second-order valence-electron chi connectivity index (χ2n) is 3.13. The summed E-state index contributed by atoms with van der Waals surface area (Å²) in [4.78, 5) is 11.5. The lowest BCUT2D eigenvalue weighted by atomic mass is 10.1. The number of hydrogen-bond donors (Lipinski definition) is 2. The van der Waals surface area contributed by atoms with Crippen LogP contribution >= 0.6 is 0 Å². The molecule has 5 heteroatoms. The predicted octanol–water partition coefficient (Wildman–Crippen LogP) is 0.240. The third kappa shape index (κ3) is 2.50. The number of rotatable bonds is 5. The number of methoxy groups -OCH3 is 2. The van der Waals surface area contributed by atoms with E-state index in [1.165, 1.54) is 26.4 Å². The van der Waals surface area contributed by atoms with Crippen LogP contribution in [0.1, 0.15) is 10.4 Å². The van der Waals surface area contributed by atoms with Gasteiger partial charge in [0.1, 0.15) is 6.10 Å². The highest BCUT2D eigenvalue weighted by molar-refractivity contribution is 5.99. The summed E-state index contributed by atoms with van der Waals surface area (Å²) in [5.41, 5.74) is 0.263. The molecule has 0 spiro atoms. The molecule has 0 aromatic heterocycles. The number of carbonyl (C=O) groups excluding carboxylic acids is 1. The normalized spacial score (nSPS) is 12.0. The molecule has 0 aliphatic carbocycles. The van der Waals surface area contributed by atoms with Gasteiger partial charge < -0.3 is 19.7 Å². The van der Waals surface area contributed by atoms with E-state index in [2.05, 4.69) is 0 Å². The average Bonchev–Trinajstić information content (AvgIpc) is 2.35. The van der Waals surface area contributed by atoms with E-state index in [1.54, 1.807) is 6.07 Å². The van der Waals surface area contributed by atoms with Gasteiger partial charge in [-0.3, -0.25) is 4.79 Å². The van der Waals surface area contributed by atoms with Gasteiger partial charge in [0, 0.05) is 5.56 Å². The minimum absolute atomic E-state index is 0.263. The van der Waals surface area contributed by atoms with Crippen LogP contribution in [0.15, 0.2) is 18.2 Å². The van der Waals surface area contributed by atoms with Crippen LogP contribution in [0.2, 0.25) is 0 Å². The molecule has 88 valence electrons. The summed E-state index contributed by atoms with van der Waals surface area (Å²) in [5.74, 6) is 0.347. The Morgan fingerprint density at radius 2 is 1.94 bits per heavy atom. The molecule has 1 aromatic rings. The van der Waals surface area contributed by atoms with Crippen molar-refractivity contribution >= 4 is 5.78 Å². The van der Waals surface area contributed by atoms with Crippen LogP contribution in [-0.2, 0) is 0 Å². The lowest BCUT2D eigenvalue weighted by molar-refractivity contribution is 0.0587. The Hall–Kier alpha value is -1.59. The van der Waals surface area contributed by atoms with Gasteiger partial charge in [-0.1, -0.05) is 0 Å². The van der Waals surface area contributed by atoms with E-state index in [0.29, 0.717) is 11.5 Å². The number of ketones is 1. The topological polar surface area (TPSA) is 76.0 Å². The number of carbonyl (C=O) groups is 1. The molecule has 0 radical (unpaired) electrons. The summed E-state index contributed by atoms with van der Waals surface area (Å²) >= 11 is 0. The zero-order chi connectivity index (χ0) is 12.1. The fraction of sp³-hybridized carbons (Fsp3) is 0.364. The molecule has 16 heavy (non-hydrogen) atoms. The van der Waals surface area contributed by atoms with Crippen molar-refractivity contribution in [1.29, 1.82) is 0 Å². The molecule has 2 N–H and O–H groups in total. The van der Waals surface area contributed by atoms with Crippen LogP contribution < -0.4 is 9.47 Å². The van der Waals surface area contributed by atoms with Crippen LogP contribution in [0.4, 0.5) is 0 Å². The quantitative estimate of drug-likeness (QED) is 0.703. The van der Waals surface area contributed by atoms with E-state index in [0.717, 1.165) is 0 Å². The Morgan fingerprint density at radius 3 is 2.44 bits per heavy atom. The molecule has 1 aromatic carbocycles. The Kier molecular flexibility index (Phi) is 4.28. The zero-order valence-corrected chi connectivity index (χ0v) is 9.14. The summed E-state index contributed by atoms with van der Waals surface area (Å²) in [5, 5.41) is 17.9. The fourth-order valence-corrected chi connectivity index (χ4v) is 1.26. The SMILES string of the molecule is COc1ccc(C(=O)C(O)CO)cc1OC. The van der Waals surface area contributed by atoms with Crippen molar-refractivity contribution < 1.29 is 24.5 Å². The molecule has 0 saturated heterocycles. The van der Waals surface area contributed by atoms with Gasteiger partial charge in [-0.05, 0) is 18.2 Å². The number of hydrogen-bond acceptors (Lipinski definition) is 5. The van der Waals surface area contributed by atoms with Crippen LogP contribution in [-0.4, -0.2) is 42.9 Å². The van der Waals surface area contributed by atoms with Crippen LogP contribution in [0.25, 0.3) is 0 Å². The molecule has 1 atom stereocenters. The van der Waals surface area contributed by atoms with E-state index in [-0.39, 0.29) is 5.56 Å². The molecule has 0 saturated carbocycles. The molecule has 1 unspecified atom stereocenters. The Labute approximate surface area is 93.2 Å². The van der Waals surface area contributed by atoms with E-state index >= 15 is 0 Å². The van der Waals surface area contributed by atoms with Crippen molar-refractivity contribution in [2.75, 3.05) is 20.8 Å². The minimum Gasteiger partial charge on any atom is -0.493 e. The molecule has 1 rings (SSSR count). The molecule has 0 bridgehead atoms. The fourth-order valence-electron chi connectivity index (χ4n) is 1.26. The second kappa shape index (κ2) is 5.48. The van der Waals surface area contributed by atoms with Gasteiger partial charge in [0.25, 0.3) is 0 Å². The van der Waals surface area contributed by atoms with E-state index in [9.17, 15) is 9.90 Å². The van der Waals surface area contributed by atoms with Gasteiger partial charge in [0.15, 0.2) is 17.3 Å². The van der Waals surface area contributed by atoms with Crippen molar-refractivity contribution in [1.82, 2.24) is 0 Å². The highest BCUT2D eigenvalue weighted by atomic mass is 16.5. The number of Topliss-reactive ketones (excluding diaryl/α,β-unsaturated/α-hetero) is 1. The highest BCUT2D eigenvalue weighted by Crippen LogP contribution is 2.27. The van der Waals surface area contributed by atoms with Gasteiger partial charge in [-0.15, -0.1) is 0 Å². The predicted molar refractivity (Wildman–Crippen MR) is 57.0 cm³/mol. The maximum absolute atomic E-state index is 11.5. The molecule has 0 aliphatic heterocycles. The van der Waals surface area contributed by atoms with Crippen molar-refractivity contribution in [3.63, 3.8) is 0 Å². The summed E-state index contributed by atoms with van der Waals surface area (Å²) in [6, 6.07) is 4.53. The lowest BCUT2D eigenvalue weighted by Crippen LogP contribution is -2.24. The van der Waals surface area contributed by atoms with Gasteiger partial charge in [-0.25, -0.2) is 0 Å². The molecule has 5 nitrogen and oxygen atoms in total. The van der Waals surface area contributed by atoms with Crippen molar-refractivity contribution in [3.05, 3.63) is 23.8 Å². The van der Waals surface area contributed by atoms with Crippen molar-refractivity contribution in [2.24, 2.45) is 0 Å². The van der Waals surface area contributed by atoms with E-state index in [4.69, 9.17) is 14.6 Å². The van der Waals surface area contributed by atoms with Gasteiger partial charge in [0.05, 0.1) is 20.8 Å². The number of aliphatic hydroxyl groups is 2. The Morgan fingerprint density at radius 1 is 1.31 bits per heavy atom. The zero-order valence-electron chi connectivity index (χ0n) is 9.14. The average molecular weight is 226 g/mol. The standard InChI is InChI=1S/C11H14O5/c1-15-9-4-3-7(5-10(9)16-2)11(14)8(13)6-12/h3-5,8,12-13H,6H2,1-2H3. The lowest BCUT2D eigenvalue weighted by Gasteiger charge is -2.10. The van der Waals surface area contributed by atoms with Gasteiger partial charge in [-0.2, -0.15) is 0 Å². The maximum atomic E-state index is 11.5. The van der Waals surface area contributed by atoms with E-state index in [1.807, 2.05) is 0 Å². The first kappa shape index (κ1) is 12.5. The largest absolute Gasteiger partial charge is 0.493 e. The van der Waals surface area contributed by atoms with Crippen LogP contribution in [0.5, 0.6) is 11.5 Å². The molecule has 0 aliphatic rings. The first-order valence-corrected chi connectivity index (χ1v) is 4.69. The summed E-state index contributed by atoms with van der Waals surface area (Å²) in [7, 11) is 2.94. The summed E-state index contributed by atoms with van der Waals surface area (Å²) in [6.45, 7) is -0.604. The molecule has 0 fully saturated rings. The third-order valence-electron chi connectivity index (χ3n) is 2.14. The first-order chi connectivity index (χ1) is 7.63. The first-order valence-electron chi connectivity index (χ1n) is 4.69. The summed E-state index contributed by atoms with van der Waals surface area (Å²) in [6.07, 6.45) is -1.40. The van der Waals surface area contributed by atoms with Crippen molar-refractivity contribution in [3.8, 4) is 11.5 Å². The molecular weight excluding hydrogens is 212 g/mol. The van der Waals surface area contributed by atoms with Crippen molar-refractivity contribution in [2.45, 2.75) is 6.10 Å². The van der Waals surface area contributed by atoms with Crippen LogP contribution in [0.3, 0.4) is 0 Å². The molecule has 0 amide bonds. The number of benzene rings is 1. The smallest absolute Gasteiger partial charge is 0.193 e. The Balaban J connectivity index is 3.03. The van der Waals surface area contributed by atoms with E-state index < -0.39 is 18.5 Å². The third-order valence-corrected chi connectivity index (χ3v) is 2.14. The maximum Gasteiger partial charge on any atom is 0.193 e. The minimum atomic E-state index is -1.40. The summed E-state index contributed by atoms with van der Waals surface area (Å²) < 4.78 is 10.0. The number of ether oxygens (including phenoxy) is 2. The second-order valence-corrected chi connectivity index (χ2v) is 3.13. The molecular formula is C11H14O5. The highest BCUT2D eigenvalue weighted by Gasteiger charge is 2.17.